The van der Waals surface area contributed by atoms with Crippen LogP contribution in [0.3, 0.4) is 0 Å². The Labute approximate surface area is 102 Å². The number of nitrogens with zero attached hydrogens (tertiary/aromatic N) is 2. The molecule has 0 spiro atoms. The molecule has 0 saturated heterocycles. The molecule has 0 aliphatic rings. The molecule has 2 aromatic rings. The van der Waals surface area contributed by atoms with Crippen LogP contribution in [0.25, 0.3) is 5.69 Å². The van der Waals surface area contributed by atoms with Crippen molar-refractivity contribution in [2.45, 2.75) is 27.3 Å². The normalized spacial score (nSPS) is 10.8. The van der Waals surface area contributed by atoms with Gasteiger partial charge in [0.25, 0.3) is 0 Å². The minimum Gasteiger partial charge on any atom is -0.316 e. The number of nitrogens with one attached hydrogen (secondary N) is 1. The first kappa shape index (κ1) is 11.9. The number of benzene rings is 1. The van der Waals surface area contributed by atoms with Gasteiger partial charge in [-0.05, 0) is 45.5 Å². The van der Waals surface area contributed by atoms with Gasteiger partial charge in [0, 0.05) is 17.8 Å². The van der Waals surface area contributed by atoms with E-state index in [1.807, 2.05) is 11.7 Å². The second-order valence-electron chi connectivity index (χ2n) is 4.43. The molecule has 0 aliphatic carbocycles. The highest BCUT2D eigenvalue weighted by Gasteiger charge is 2.11. The van der Waals surface area contributed by atoms with Crippen molar-refractivity contribution in [3.8, 4) is 5.69 Å². The Kier molecular flexibility index (Phi) is 3.29. The van der Waals surface area contributed by atoms with Crippen molar-refractivity contribution in [1.29, 1.82) is 0 Å². The van der Waals surface area contributed by atoms with Gasteiger partial charge in [-0.25, -0.2) is 4.68 Å². The van der Waals surface area contributed by atoms with Crippen molar-refractivity contribution in [3.63, 3.8) is 0 Å². The Morgan fingerprint density at radius 3 is 2.65 bits per heavy atom. The Morgan fingerprint density at radius 1 is 1.24 bits per heavy atom. The summed E-state index contributed by atoms with van der Waals surface area (Å²) < 4.78 is 2.02. The van der Waals surface area contributed by atoms with Crippen LogP contribution in [0.15, 0.2) is 24.3 Å². The SMILES string of the molecule is CNCc1c(C)nn(-c2cccc(C)c2)c1C. The van der Waals surface area contributed by atoms with Crippen LogP contribution in [0.5, 0.6) is 0 Å². The van der Waals surface area contributed by atoms with Crippen LogP contribution in [-0.2, 0) is 6.54 Å². The summed E-state index contributed by atoms with van der Waals surface area (Å²) in [7, 11) is 1.96. The molecule has 0 radical (unpaired) electrons. The first-order valence-electron chi connectivity index (χ1n) is 5.90. The third-order valence-corrected chi connectivity index (χ3v) is 3.04. The second-order valence-corrected chi connectivity index (χ2v) is 4.43. The fraction of sp³-hybridized carbons (Fsp3) is 0.357. The predicted octanol–water partition coefficient (Wildman–Crippen LogP) is 2.52. The van der Waals surface area contributed by atoms with E-state index in [1.165, 1.54) is 16.8 Å². The molecule has 17 heavy (non-hydrogen) atoms. The molecular formula is C14H19N3. The van der Waals surface area contributed by atoms with Gasteiger partial charge in [0.15, 0.2) is 0 Å². The molecular weight excluding hydrogens is 210 g/mol. The smallest absolute Gasteiger partial charge is 0.0651 e. The zero-order valence-corrected chi connectivity index (χ0v) is 10.9. The van der Waals surface area contributed by atoms with Gasteiger partial charge in [0.05, 0.1) is 11.4 Å². The lowest BCUT2D eigenvalue weighted by molar-refractivity contribution is 0.801. The largest absolute Gasteiger partial charge is 0.316 e. The third-order valence-electron chi connectivity index (χ3n) is 3.04. The minimum absolute atomic E-state index is 0.865. The topological polar surface area (TPSA) is 29.9 Å². The van der Waals surface area contributed by atoms with E-state index in [0.717, 1.165) is 17.9 Å². The average Bonchev–Trinajstić information content (AvgIpc) is 2.57. The molecule has 0 saturated carbocycles. The molecule has 0 atom stereocenters. The summed E-state index contributed by atoms with van der Waals surface area (Å²) in [4.78, 5) is 0. The van der Waals surface area contributed by atoms with Crippen LogP contribution < -0.4 is 5.32 Å². The number of aryl methyl sites for hydroxylation is 2. The van der Waals surface area contributed by atoms with Crippen LogP contribution in [0.4, 0.5) is 0 Å². The second kappa shape index (κ2) is 4.72. The summed E-state index contributed by atoms with van der Waals surface area (Å²) >= 11 is 0. The van der Waals surface area contributed by atoms with E-state index in [4.69, 9.17) is 0 Å². The summed E-state index contributed by atoms with van der Waals surface area (Å²) in [5.74, 6) is 0. The third kappa shape index (κ3) is 2.24. The predicted molar refractivity (Wildman–Crippen MR) is 70.5 cm³/mol. The van der Waals surface area contributed by atoms with Gasteiger partial charge in [-0.15, -0.1) is 0 Å². The number of hydrogen-bond donors (Lipinski definition) is 1. The Hall–Kier alpha value is -1.61. The van der Waals surface area contributed by atoms with E-state index in [1.54, 1.807) is 0 Å². The number of hydrogen-bond acceptors (Lipinski definition) is 2. The molecule has 2 rings (SSSR count). The van der Waals surface area contributed by atoms with Crippen molar-refractivity contribution in [2.75, 3.05) is 7.05 Å². The molecule has 0 fully saturated rings. The van der Waals surface area contributed by atoms with Gasteiger partial charge in [0.2, 0.25) is 0 Å². The van der Waals surface area contributed by atoms with Crippen LogP contribution in [0.2, 0.25) is 0 Å². The molecule has 0 unspecified atom stereocenters. The Morgan fingerprint density at radius 2 is 2.00 bits per heavy atom. The molecule has 90 valence electrons. The zero-order valence-electron chi connectivity index (χ0n) is 10.9. The van der Waals surface area contributed by atoms with E-state index in [0.29, 0.717) is 0 Å². The lowest BCUT2D eigenvalue weighted by atomic mass is 10.2. The molecule has 0 bridgehead atoms. The standard InChI is InChI=1S/C14H19N3/c1-10-6-5-7-13(8-10)17-12(3)14(9-15-4)11(2)16-17/h5-8,15H,9H2,1-4H3. The highest BCUT2D eigenvalue weighted by molar-refractivity contribution is 5.39. The maximum Gasteiger partial charge on any atom is 0.0651 e. The fourth-order valence-electron chi connectivity index (χ4n) is 2.12. The van der Waals surface area contributed by atoms with Crippen LogP contribution in [0, 0.1) is 20.8 Å². The lowest BCUT2D eigenvalue weighted by Crippen LogP contribution is -2.07. The van der Waals surface area contributed by atoms with Crippen molar-refractivity contribution in [2.24, 2.45) is 0 Å². The molecule has 1 heterocycles. The molecule has 3 heteroatoms. The summed E-state index contributed by atoms with van der Waals surface area (Å²) in [6, 6.07) is 8.42. The Balaban J connectivity index is 2.50. The lowest BCUT2D eigenvalue weighted by Gasteiger charge is -2.06. The first-order chi connectivity index (χ1) is 8.13. The van der Waals surface area contributed by atoms with Gasteiger partial charge < -0.3 is 5.32 Å². The van der Waals surface area contributed by atoms with Gasteiger partial charge in [0.1, 0.15) is 0 Å². The molecule has 1 N–H and O–H groups in total. The average molecular weight is 229 g/mol. The van der Waals surface area contributed by atoms with E-state index in [9.17, 15) is 0 Å². The van der Waals surface area contributed by atoms with E-state index >= 15 is 0 Å². The molecule has 3 nitrogen and oxygen atoms in total. The van der Waals surface area contributed by atoms with Crippen molar-refractivity contribution in [3.05, 3.63) is 46.8 Å². The minimum atomic E-state index is 0.865. The molecule has 0 amide bonds. The zero-order chi connectivity index (χ0) is 12.4. The monoisotopic (exact) mass is 229 g/mol. The Bertz CT molecular complexity index is 526. The highest BCUT2D eigenvalue weighted by Crippen LogP contribution is 2.18. The van der Waals surface area contributed by atoms with Gasteiger partial charge in [-0.3, -0.25) is 0 Å². The summed E-state index contributed by atoms with van der Waals surface area (Å²) in [6.45, 7) is 7.15. The maximum atomic E-state index is 4.62. The van der Waals surface area contributed by atoms with Crippen molar-refractivity contribution in [1.82, 2.24) is 15.1 Å². The van der Waals surface area contributed by atoms with Crippen LogP contribution >= 0.6 is 0 Å². The molecule has 0 aliphatic heterocycles. The van der Waals surface area contributed by atoms with E-state index in [-0.39, 0.29) is 0 Å². The highest BCUT2D eigenvalue weighted by atomic mass is 15.3. The van der Waals surface area contributed by atoms with Crippen molar-refractivity contribution >= 4 is 0 Å². The van der Waals surface area contributed by atoms with Gasteiger partial charge in [-0.1, -0.05) is 12.1 Å². The number of rotatable bonds is 3. The van der Waals surface area contributed by atoms with Crippen LogP contribution in [0.1, 0.15) is 22.5 Å². The molecule has 1 aromatic heterocycles. The number of aromatic nitrogens is 2. The summed E-state index contributed by atoms with van der Waals surface area (Å²) in [5.41, 5.74) is 5.98. The molecule has 1 aromatic carbocycles. The van der Waals surface area contributed by atoms with Crippen molar-refractivity contribution < 1.29 is 0 Å². The fourth-order valence-corrected chi connectivity index (χ4v) is 2.12. The van der Waals surface area contributed by atoms with Crippen LogP contribution in [-0.4, -0.2) is 16.8 Å². The van der Waals surface area contributed by atoms with Gasteiger partial charge >= 0.3 is 0 Å². The quantitative estimate of drug-likeness (QED) is 0.876. The van der Waals surface area contributed by atoms with Gasteiger partial charge in [-0.2, -0.15) is 5.10 Å². The summed E-state index contributed by atoms with van der Waals surface area (Å²) in [6.07, 6.45) is 0. The first-order valence-corrected chi connectivity index (χ1v) is 5.90. The van der Waals surface area contributed by atoms with E-state index in [2.05, 4.69) is 55.5 Å². The summed E-state index contributed by atoms with van der Waals surface area (Å²) in [5, 5.41) is 7.81. The van der Waals surface area contributed by atoms with E-state index < -0.39 is 0 Å². The maximum absolute atomic E-state index is 4.62.